The molecule has 134 valence electrons. The topological polar surface area (TPSA) is 82.1 Å². The van der Waals surface area contributed by atoms with Crippen LogP contribution in [0.4, 0.5) is 17.6 Å². The number of ether oxygens (including phenoxy) is 3. The lowest BCUT2D eigenvalue weighted by molar-refractivity contribution is -0.229. The molecule has 0 amide bonds. The van der Waals surface area contributed by atoms with Crippen LogP contribution < -0.4 is 4.74 Å². The van der Waals surface area contributed by atoms with Gasteiger partial charge >= 0.3 is 11.8 Å². The average Bonchev–Trinajstić information content (AvgIpc) is 2.54. The van der Waals surface area contributed by atoms with E-state index in [2.05, 4.69) is 4.74 Å². The summed E-state index contributed by atoms with van der Waals surface area (Å²) in [5.74, 6) is -12.1. The predicted molar refractivity (Wildman–Crippen MR) is 70.4 cm³/mol. The molecule has 0 bridgehead atoms. The summed E-state index contributed by atoms with van der Waals surface area (Å²) in [5.41, 5.74) is 0. The molecule has 24 heavy (non-hydrogen) atoms. The highest BCUT2D eigenvalue weighted by molar-refractivity contribution is 5.93. The molecular weight excluding hydrogens is 340 g/mol. The maximum Gasteiger partial charge on any atom is 0.372 e. The van der Waals surface area contributed by atoms with Crippen LogP contribution >= 0.6 is 0 Å². The van der Waals surface area contributed by atoms with E-state index in [1.807, 2.05) is 0 Å². The van der Waals surface area contributed by atoms with Crippen LogP contribution in [0.2, 0.25) is 0 Å². The average molecular weight is 354 g/mol. The normalized spacial score (nSPS) is 13.4. The molecule has 1 aromatic carbocycles. The maximum absolute atomic E-state index is 13.3. The van der Waals surface area contributed by atoms with E-state index >= 15 is 0 Å². The van der Waals surface area contributed by atoms with Crippen LogP contribution in [0.3, 0.4) is 0 Å². The number of hydrogen-bond donors (Lipinski definition) is 1. The number of carbonyl (C=O) groups excluding carboxylic acids is 1. The van der Waals surface area contributed by atoms with Gasteiger partial charge < -0.3 is 19.3 Å². The number of aliphatic carboxylic acids is 1. The highest BCUT2D eigenvalue weighted by Crippen LogP contribution is 2.26. The highest BCUT2D eigenvalue weighted by Gasteiger charge is 2.41. The molecule has 0 aromatic heterocycles. The first-order valence-corrected chi connectivity index (χ1v) is 6.72. The highest BCUT2D eigenvalue weighted by atomic mass is 19.2. The molecule has 0 saturated carbocycles. The molecule has 0 spiro atoms. The van der Waals surface area contributed by atoms with Gasteiger partial charge in [0, 0.05) is 19.1 Å². The predicted octanol–water partition coefficient (Wildman–Crippen LogP) is 2.04. The van der Waals surface area contributed by atoms with Gasteiger partial charge in [-0.25, -0.2) is 13.6 Å². The number of hydrogen-bond acceptors (Lipinski definition) is 5. The molecule has 0 aliphatic rings. The minimum atomic E-state index is -2.50. The van der Waals surface area contributed by atoms with E-state index in [0.717, 1.165) is 0 Å². The lowest BCUT2D eigenvalue weighted by Crippen LogP contribution is -2.46. The van der Waals surface area contributed by atoms with Gasteiger partial charge in [-0.3, -0.25) is 4.79 Å². The van der Waals surface area contributed by atoms with Gasteiger partial charge in [0.2, 0.25) is 11.6 Å². The maximum atomic E-state index is 13.3. The second-order valence-corrected chi connectivity index (χ2v) is 4.37. The third kappa shape index (κ3) is 4.42. The minimum absolute atomic E-state index is 0.0357. The van der Waals surface area contributed by atoms with Crippen LogP contribution in [0.15, 0.2) is 6.07 Å². The van der Waals surface area contributed by atoms with Gasteiger partial charge in [-0.15, -0.1) is 0 Å². The van der Waals surface area contributed by atoms with Crippen molar-refractivity contribution in [3.63, 3.8) is 0 Å². The Morgan fingerprint density at radius 1 is 1.17 bits per heavy atom. The fourth-order valence-electron chi connectivity index (χ4n) is 1.63. The molecule has 0 aliphatic heterocycles. The minimum Gasteiger partial charge on any atom is -0.487 e. The van der Waals surface area contributed by atoms with Crippen molar-refractivity contribution in [1.29, 1.82) is 0 Å². The van der Waals surface area contributed by atoms with Gasteiger partial charge in [-0.05, 0) is 6.92 Å². The molecular formula is C14H14F4O6. The molecule has 1 atom stereocenters. The lowest BCUT2D eigenvalue weighted by atomic mass is 10.3. The zero-order valence-corrected chi connectivity index (χ0v) is 12.5. The monoisotopic (exact) mass is 354 g/mol. The standard InChI is InChI=1S/C14H14F4O6/c1-2-23-14(7-19,13(20)21)24-5-3-4-22-12-10(17)8(15)6-9(16)11(12)18/h6-7H,2-5H2,1H3,(H,20,21). The van der Waals surface area contributed by atoms with Gasteiger partial charge in [-0.1, -0.05) is 0 Å². The summed E-state index contributed by atoms with van der Waals surface area (Å²) in [4.78, 5) is 21.9. The van der Waals surface area contributed by atoms with E-state index in [0.29, 0.717) is 0 Å². The molecule has 10 heteroatoms. The summed E-state index contributed by atoms with van der Waals surface area (Å²) in [7, 11) is 0. The third-order valence-corrected chi connectivity index (χ3v) is 2.74. The zero-order valence-electron chi connectivity index (χ0n) is 12.5. The Bertz CT molecular complexity index is 583. The Hall–Kier alpha value is -2.20. The summed E-state index contributed by atoms with van der Waals surface area (Å²) in [6.45, 7) is 0.460. The molecule has 0 fully saturated rings. The Morgan fingerprint density at radius 3 is 2.21 bits per heavy atom. The second kappa shape index (κ2) is 8.60. The summed E-state index contributed by atoms with van der Waals surface area (Å²) in [6, 6.07) is 0.0357. The van der Waals surface area contributed by atoms with E-state index in [4.69, 9.17) is 14.6 Å². The molecule has 0 heterocycles. The van der Waals surface area contributed by atoms with Crippen molar-refractivity contribution in [2.24, 2.45) is 0 Å². The van der Waals surface area contributed by atoms with Crippen molar-refractivity contribution in [3.05, 3.63) is 29.3 Å². The molecule has 0 radical (unpaired) electrons. The molecule has 1 unspecified atom stereocenters. The van der Waals surface area contributed by atoms with Crippen molar-refractivity contribution in [3.8, 4) is 5.75 Å². The molecule has 0 saturated heterocycles. The Balaban J connectivity index is 2.61. The second-order valence-electron chi connectivity index (χ2n) is 4.37. The van der Waals surface area contributed by atoms with Crippen molar-refractivity contribution in [2.75, 3.05) is 19.8 Å². The first-order valence-electron chi connectivity index (χ1n) is 6.72. The van der Waals surface area contributed by atoms with Gasteiger partial charge in [-0.2, -0.15) is 8.78 Å². The Labute approximate surface area is 133 Å². The van der Waals surface area contributed by atoms with Crippen LogP contribution in [0.5, 0.6) is 5.75 Å². The largest absolute Gasteiger partial charge is 0.487 e. The summed E-state index contributed by atoms with van der Waals surface area (Å²) in [5, 5.41) is 8.93. The number of carboxylic acid groups (broad SMARTS) is 1. The lowest BCUT2D eigenvalue weighted by Gasteiger charge is -2.23. The van der Waals surface area contributed by atoms with Crippen LogP contribution in [-0.4, -0.2) is 43.0 Å². The van der Waals surface area contributed by atoms with E-state index in [1.54, 1.807) is 0 Å². The molecule has 6 nitrogen and oxygen atoms in total. The van der Waals surface area contributed by atoms with E-state index in [9.17, 15) is 27.2 Å². The van der Waals surface area contributed by atoms with Crippen LogP contribution in [0.1, 0.15) is 13.3 Å². The smallest absolute Gasteiger partial charge is 0.372 e. The molecule has 1 rings (SSSR count). The Kier molecular flexibility index (Phi) is 7.11. The van der Waals surface area contributed by atoms with Gasteiger partial charge in [0.15, 0.2) is 23.7 Å². The van der Waals surface area contributed by atoms with E-state index in [-0.39, 0.29) is 25.4 Å². The third-order valence-electron chi connectivity index (χ3n) is 2.74. The van der Waals surface area contributed by atoms with Crippen molar-refractivity contribution in [1.82, 2.24) is 0 Å². The first kappa shape index (κ1) is 19.8. The fourth-order valence-corrected chi connectivity index (χ4v) is 1.63. The van der Waals surface area contributed by atoms with Gasteiger partial charge in [0.25, 0.3) is 0 Å². The van der Waals surface area contributed by atoms with Crippen LogP contribution in [0.25, 0.3) is 0 Å². The molecule has 1 N–H and O–H groups in total. The van der Waals surface area contributed by atoms with Gasteiger partial charge in [0.05, 0.1) is 13.2 Å². The number of benzene rings is 1. The number of halogens is 4. The number of rotatable bonds is 10. The number of carboxylic acids is 1. The van der Waals surface area contributed by atoms with E-state index < -0.39 is 54.0 Å². The summed E-state index contributed by atoms with van der Waals surface area (Å²) >= 11 is 0. The zero-order chi connectivity index (χ0) is 18.3. The van der Waals surface area contributed by atoms with Crippen LogP contribution in [-0.2, 0) is 19.1 Å². The molecule has 0 aliphatic carbocycles. The van der Waals surface area contributed by atoms with Crippen molar-refractivity contribution >= 4 is 12.3 Å². The number of aldehydes is 1. The molecule has 1 aromatic rings. The van der Waals surface area contributed by atoms with E-state index in [1.165, 1.54) is 6.92 Å². The van der Waals surface area contributed by atoms with Crippen molar-refractivity contribution < 1.29 is 46.5 Å². The summed E-state index contributed by atoms with van der Waals surface area (Å²) < 4.78 is 66.7. The SMILES string of the molecule is CCOC(C=O)(OCCCOc1c(F)c(F)cc(F)c1F)C(=O)O. The quantitative estimate of drug-likeness (QED) is 0.173. The summed E-state index contributed by atoms with van der Waals surface area (Å²) in [6.07, 6.45) is -0.200. The van der Waals surface area contributed by atoms with Crippen LogP contribution in [0, 0.1) is 23.3 Å². The Morgan fingerprint density at radius 2 is 1.75 bits per heavy atom. The fraction of sp³-hybridized carbons (Fsp3) is 0.429. The number of carbonyl (C=O) groups is 2. The van der Waals surface area contributed by atoms with Gasteiger partial charge in [0.1, 0.15) is 0 Å². The van der Waals surface area contributed by atoms with Crippen molar-refractivity contribution in [2.45, 2.75) is 19.1 Å². The first-order chi connectivity index (χ1) is 11.3.